The number of hydrogen-bond donors (Lipinski definition) is 1. The number of anilines is 1. The first-order chi connectivity index (χ1) is 6.94. The molecule has 80 valence electrons. The van der Waals surface area contributed by atoms with Crippen molar-refractivity contribution in [2.24, 2.45) is 5.41 Å². The molecule has 15 heavy (non-hydrogen) atoms. The van der Waals surface area contributed by atoms with Gasteiger partial charge in [-0.1, -0.05) is 0 Å². The highest BCUT2D eigenvalue weighted by atomic mass is 19.2. The lowest BCUT2D eigenvalue weighted by atomic mass is 9.96. The summed E-state index contributed by atoms with van der Waals surface area (Å²) in [7, 11) is 0. The second-order valence-electron chi connectivity index (χ2n) is 3.98. The van der Waals surface area contributed by atoms with Gasteiger partial charge in [0.15, 0.2) is 11.6 Å². The van der Waals surface area contributed by atoms with Gasteiger partial charge in [-0.25, -0.2) is 8.78 Å². The fourth-order valence-corrected chi connectivity index (χ4v) is 0.969. The lowest BCUT2D eigenvalue weighted by molar-refractivity contribution is 0.507. The zero-order valence-corrected chi connectivity index (χ0v) is 8.64. The third-order valence-electron chi connectivity index (χ3n) is 1.96. The molecule has 0 bridgehead atoms. The fraction of sp³-hybridized carbons (Fsp3) is 0.364. The molecule has 1 aromatic carbocycles. The molecule has 4 heteroatoms. The molecule has 0 aliphatic rings. The lowest BCUT2D eigenvalue weighted by Gasteiger charge is -2.16. The first kappa shape index (κ1) is 11.4. The van der Waals surface area contributed by atoms with Crippen LogP contribution in [0.1, 0.15) is 13.8 Å². The van der Waals surface area contributed by atoms with Crippen LogP contribution < -0.4 is 5.32 Å². The van der Waals surface area contributed by atoms with Crippen LogP contribution in [-0.2, 0) is 0 Å². The number of nitriles is 1. The van der Waals surface area contributed by atoms with E-state index in [1.165, 1.54) is 6.07 Å². The Morgan fingerprint density at radius 2 is 2.00 bits per heavy atom. The zero-order chi connectivity index (χ0) is 11.5. The predicted octanol–water partition coefficient (Wildman–Crippen LogP) is 2.93. The molecule has 0 amide bonds. The molecule has 1 aromatic rings. The van der Waals surface area contributed by atoms with Gasteiger partial charge in [-0.3, -0.25) is 0 Å². The van der Waals surface area contributed by atoms with Crippen molar-refractivity contribution in [2.75, 3.05) is 11.9 Å². The minimum Gasteiger partial charge on any atom is -0.383 e. The van der Waals surface area contributed by atoms with Crippen molar-refractivity contribution in [1.29, 1.82) is 5.26 Å². The standard InChI is InChI=1S/C11H12F2N2/c1-11(2,6-14)7-15-8-3-4-9(12)10(13)5-8/h3-5,15H,7H2,1-2H3. The highest BCUT2D eigenvalue weighted by Gasteiger charge is 2.16. The SMILES string of the molecule is CC(C)(C#N)CNc1ccc(F)c(F)c1. The van der Waals surface area contributed by atoms with Gasteiger partial charge in [0.25, 0.3) is 0 Å². The molecular weight excluding hydrogens is 198 g/mol. The first-order valence-corrected chi connectivity index (χ1v) is 4.55. The summed E-state index contributed by atoms with van der Waals surface area (Å²) in [5.41, 5.74) is -0.0672. The number of nitrogens with zero attached hydrogens (tertiary/aromatic N) is 1. The Morgan fingerprint density at radius 3 is 2.53 bits per heavy atom. The summed E-state index contributed by atoms with van der Waals surface area (Å²) >= 11 is 0. The average molecular weight is 210 g/mol. The van der Waals surface area contributed by atoms with Crippen LogP contribution in [0.15, 0.2) is 18.2 Å². The van der Waals surface area contributed by atoms with E-state index >= 15 is 0 Å². The predicted molar refractivity (Wildman–Crippen MR) is 54.2 cm³/mol. The Labute approximate surface area is 87.5 Å². The van der Waals surface area contributed by atoms with Crippen molar-refractivity contribution < 1.29 is 8.78 Å². The van der Waals surface area contributed by atoms with E-state index in [9.17, 15) is 8.78 Å². The summed E-state index contributed by atoms with van der Waals surface area (Å²) in [4.78, 5) is 0. The third-order valence-corrected chi connectivity index (χ3v) is 1.96. The van der Waals surface area contributed by atoms with Crippen LogP contribution in [0.25, 0.3) is 0 Å². The second kappa shape index (κ2) is 4.26. The van der Waals surface area contributed by atoms with E-state index in [-0.39, 0.29) is 0 Å². The normalized spacial score (nSPS) is 10.9. The van der Waals surface area contributed by atoms with E-state index in [4.69, 9.17) is 5.26 Å². The van der Waals surface area contributed by atoms with E-state index in [1.807, 2.05) is 0 Å². The zero-order valence-electron chi connectivity index (χ0n) is 8.64. The number of halogens is 2. The Bertz CT molecular complexity index is 394. The molecule has 0 unspecified atom stereocenters. The molecule has 0 aliphatic carbocycles. The van der Waals surface area contributed by atoms with Crippen LogP contribution in [0.5, 0.6) is 0 Å². The Kier molecular flexibility index (Phi) is 3.25. The maximum Gasteiger partial charge on any atom is 0.160 e. The molecule has 1 N–H and O–H groups in total. The van der Waals surface area contributed by atoms with E-state index in [1.54, 1.807) is 13.8 Å². The van der Waals surface area contributed by atoms with Gasteiger partial charge in [0.1, 0.15) is 0 Å². The van der Waals surface area contributed by atoms with Gasteiger partial charge in [-0.15, -0.1) is 0 Å². The molecule has 0 spiro atoms. The number of rotatable bonds is 3. The van der Waals surface area contributed by atoms with Gasteiger partial charge >= 0.3 is 0 Å². The van der Waals surface area contributed by atoms with Gasteiger partial charge in [0.05, 0.1) is 11.5 Å². The summed E-state index contributed by atoms with van der Waals surface area (Å²) in [6, 6.07) is 5.67. The number of nitrogens with one attached hydrogen (secondary N) is 1. The van der Waals surface area contributed by atoms with E-state index < -0.39 is 17.0 Å². The molecule has 0 aromatic heterocycles. The van der Waals surface area contributed by atoms with Crippen molar-refractivity contribution in [3.63, 3.8) is 0 Å². The minimum atomic E-state index is -0.894. The van der Waals surface area contributed by atoms with Crippen LogP contribution in [0.2, 0.25) is 0 Å². The first-order valence-electron chi connectivity index (χ1n) is 4.55. The average Bonchev–Trinajstić information content (AvgIpc) is 2.20. The summed E-state index contributed by atoms with van der Waals surface area (Å²) < 4.78 is 25.4. The van der Waals surface area contributed by atoms with Gasteiger partial charge in [0.2, 0.25) is 0 Å². The molecule has 0 atom stereocenters. The van der Waals surface area contributed by atoms with Gasteiger partial charge in [0, 0.05) is 12.2 Å². The molecule has 0 radical (unpaired) electrons. The van der Waals surface area contributed by atoms with Gasteiger partial charge < -0.3 is 5.32 Å². The molecule has 0 heterocycles. The van der Waals surface area contributed by atoms with Crippen molar-refractivity contribution in [1.82, 2.24) is 0 Å². The molecule has 2 nitrogen and oxygen atoms in total. The van der Waals surface area contributed by atoms with Crippen LogP contribution in [0, 0.1) is 28.4 Å². The van der Waals surface area contributed by atoms with E-state index in [0.29, 0.717) is 12.2 Å². The van der Waals surface area contributed by atoms with Crippen molar-refractivity contribution in [3.05, 3.63) is 29.8 Å². The Morgan fingerprint density at radius 1 is 1.33 bits per heavy atom. The summed E-state index contributed by atoms with van der Waals surface area (Å²) in [5.74, 6) is -1.77. The topological polar surface area (TPSA) is 35.8 Å². The minimum absolute atomic E-state index is 0.384. The summed E-state index contributed by atoms with van der Waals surface area (Å²) in [6.45, 7) is 3.91. The van der Waals surface area contributed by atoms with Crippen molar-refractivity contribution in [3.8, 4) is 6.07 Å². The van der Waals surface area contributed by atoms with Gasteiger partial charge in [-0.05, 0) is 32.0 Å². The summed E-state index contributed by atoms with van der Waals surface area (Å²) in [6.07, 6.45) is 0. The Hall–Kier alpha value is -1.63. The number of hydrogen-bond acceptors (Lipinski definition) is 2. The summed E-state index contributed by atoms with van der Waals surface area (Å²) in [5, 5.41) is 11.6. The molecular formula is C11H12F2N2. The van der Waals surface area contributed by atoms with Gasteiger partial charge in [-0.2, -0.15) is 5.26 Å². The van der Waals surface area contributed by atoms with Crippen LogP contribution in [-0.4, -0.2) is 6.54 Å². The highest BCUT2D eigenvalue weighted by Crippen LogP contribution is 2.17. The largest absolute Gasteiger partial charge is 0.383 e. The maximum atomic E-state index is 12.8. The molecule has 0 saturated heterocycles. The molecule has 0 fully saturated rings. The van der Waals surface area contributed by atoms with E-state index in [0.717, 1.165) is 12.1 Å². The van der Waals surface area contributed by atoms with E-state index in [2.05, 4.69) is 11.4 Å². The van der Waals surface area contributed by atoms with Crippen LogP contribution in [0.4, 0.5) is 14.5 Å². The van der Waals surface area contributed by atoms with Crippen LogP contribution >= 0.6 is 0 Å². The Balaban J connectivity index is 2.67. The third kappa shape index (κ3) is 3.21. The molecule has 0 saturated carbocycles. The maximum absolute atomic E-state index is 12.8. The van der Waals surface area contributed by atoms with Crippen LogP contribution in [0.3, 0.4) is 0 Å². The van der Waals surface area contributed by atoms with Crippen molar-refractivity contribution in [2.45, 2.75) is 13.8 Å². The smallest absolute Gasteiger partial charge is 0.160 e. The highest BCUT2D eigenvalue weighted by molar-refractivity contribution is 5.43. The molecule has 1 rings (SSSR count). The second-order valence-corrected chi connectivity index (χ2v) is 3.98. The lowest BCUT2D eigenvalue weighted by Crippen LogP contribution is -2.20. The fourth-order valence-electron chi connectivity index (χ4n) is 0.969. The molecule has 0 aliphatic heterocycles. The number of benzene rings is 1. The quantitative estimate of drug-likeness (QED) is 0.832. The van der Waals surface area contributed by atoms with Crippen molar-refractivity contribution >= 4 is 5.69 Å². The monoisotopic (exact) mass is 210 g/mol.